The van der Waals surface area contributed by atoms with E-state index < -0.39 is 6.10 Å². The molecule has 1 aromatic rings. The second-order valence-electron chi connectivity index (χ2n) is 5.39. The van der Waals surface area contributed by atoms with Gasteiger partial charge in [-0.3, -0.25) is 4.90 Å². The standard InChI is InChI=1S/C17H29NO3/c1-7-17(4,18(8-2)9-3)16(19)14-11-10-13(20-5)12-15(14)21-6/h10-12,16,19H,7-9H2,1-6H3. The molecule has 0 saturated heterocycles. The number of ether oxygens (including phenoxy) is 2. The average Bonchev–Trinajstić information content (AvgIpc) is 2.54. The fraction of sp³-hybridized carbons (Fsp3) is 0.647. The van der Waals surface area contributed by atoms with E-state index in [4.69, 9.17) is 9.47 Å². The molecule has 4 nitrogen and oxygen atoms in total. The number of rotatable bonds is 8. The van der Waals surface area contributed by atoms with Gasteiger partial charge in [-0.1, -0.05) is 20.8 Å². The van der Waals surface area contributed by atoms with Crippen LogP contribution in [0.1, 0.15) is 45.8 Å². The molecule has 2 unspecified atom stereocenters. The average molecular weight is 295 g/mol. The molecule has 1 aromatic carbocycles. The minimum absolute atomic E-state index is 0.328. The van der Waals surface area contributed by atoms with Gasteiger partial charge in [0, 0.05) is 17.2 Å². The van der Waals surface area contributed by atoms with E-state index in [0.717, 1.165) is 30.8 Å². The summed E-state index contributed by atoms with van der Waals surface area (Å²) in [6, 6.07) is 5.57. The Morgan fingerprint density at radius 1 is 1.14 bits per heavy atom. The summed E-state index contributed by atoms with van der Waals surface area (Å²) in [5.74, 6) is 1.39. The zero-order valence-electron chi connectivity index (χ0n) is 14.1. The molecule has 0 fully saturated rings. The van der Waals surface area contributed by atoms with E-state index in [-0.39, 0.29) is 5.54 Å². The number of likely N-dealkylation sites (N-methyl/N-ethyl adjacent to an activating group) is 1. The quantitative estimate of drug-likeness (QED) is 0.799. The second kappa shape index (κ2) is 7.66. The predicted octanol–water partition coefficient (Wildman–Crippen LogP) is 3.25. The van der Waals surface area contributed by atoms with Crippen LogP contribution in [0.4, 0.5) is 0 Å². The van der Waals surface area contributed by atoms with E-state index in [0.29, 0.717) is 5.75 Å². The molecule has 21 heavy (non-hydrogen) atoms. The highest BCUT2D eigenvalue weighted by molar-refractivity contribution is 5.43. The van der Waals surface area contributed by atoms with E-state index in [1.54, 1.807) is 14.2 Å². The van der Waals surface area contributed by atoms with Crippen LogP contribution in [0.2, 0.25) is 0 Å². The van der Waals surface area contributed by atoms with Crippen LogP contribution in [0.3, 0.4) is 0 Å². The van der Waals surface area contributed by atoms with Crippen LogP contribution < -0.4 is 9.47 Å². The third kappa shape index (κ3) is 3.50. The van der Waals surface area contributed by atoms with Gasteiger partial charge in [-0.25, -0.2) is 0 Å². The molecule has 0 aliphatic rings. The number of benzene rings is 1. The minimum Gasteiger partial charge on any atom is -0.497 e. The molecule has 1 rings (SSSR count). The first kappa shape index (κ1) is 17.8. The maximum absolute atomic E-state index is 11.0. The van der Waals surface area contributed by atoms with E-state index in [1.165, 1.54) is 0 Å². The van der Waals surface area contributed by atoms with E-state index in [1.807, 2.05) is 18.2 Å². The molecule has 0 bridgehead atoms. The van der Waals surface area contributed by atoms with Gasteiger partial charge in [0.15, 0.2) is 0 Å². The fourth-order valence-electron chi connectivity index (χ4n) is 2.92. The summed E-state index contributed by atoms with van der Waals surface area (Å²) in [6.45, 7) is 10.3. The molecule has 0 aromatic heterocycles. The summed E-state index contributed by atoms with van der Waals surface area (Å²) < 4.78 is 10.7. The van der Waals surface area contributed by atoms with Gasteiger partial charge in [-0.05, 0) is 38.6 Å². The lowest BCUT2D eigenvalue weighted by Crippen LogP contribution is -2.50. The van der Waals surface area contributed by atoms with Crippen molar-refractivity contribution in [3.63, 3.8) is 0 Å². The normalized spacial score (nSPS) is 15.6. The molecule has 4 heteroatoms. The number of nitrogens with zero attached hydrogens (tertiary/aromatic N) is 1. The van der Waals surface area contributed by atoms with Crippen molar-refractivity contribution in [2.24, 2.45) is 0 Å². The third-order valence-electron chi connectivity index (χ3n) is 4.53. The van der Waals surface area contributed by atoms with Crippen molar-refractivity contribution in [1.82, 2.24) is 4.90 Å². The SMILES string of the molecule is CCN(CC)C(C)(CC)C(O)c1ccc(OC)cc1OC. The fourth-order valence-corrected chi connectivity index (χ4v) is 2.92. The number of hydrogen-bond acceptors (Lipinski definition) is 4. The first-order valence-electron chi connectivity index (χ1n) is 7.63. The van der Waals surface area contributed by atoms with Crippen LogP contribution in [-0.2, 0) is 0 Å². The number of aliphatic hydroxyl groups is 1. The molecule has 1 N–H and O–H groups in total. The second-order valence-corrected chi connectivity index (χ2v) is 5.39. The molecule has 0 amide bonds. The van der Waals surface area contributed by atoms with Crippen molar-refractivity contribution >= 4 is 0 Å². The van der Waals surface area contributed by atoms with Gasteiger partial charge >= 0.3 is 0 Å². The highest BCUT2D eigenvalue weighted by Gasteiger charge is 2.38. The lowest BCUT2D eigenvalue weighted by molar-refractivity contribution is -0.0224. The van der Waals surface area contributed by atoms with Crippen LogP contribution in [0.25, 0.3) is 0 Å². The molecular formula is C17H29NO3. The van der Waals surface area contributed by atoms with Crippen molar-refractivity contribution in [2.75, 3.05) is 27.3 Å². The van der Waals surface area contributed by atoms with Crippen molar-refractivity contribution in [1.29, 1.82) is 0 Å². The van der Waals surface area contributed by atoms with Gasteiger partial charge in [-0.15, -0.1) is 0 Å². The van der Waals surface area contributed by atoms with Crippen LogP contribution >= 0.6 is 0 Å². The zero-order valence-corrected chi connectivity index (χ0v) is 14.1. The summed E-state index contributed by atoms with van der Waals surface area (Å²) in [5.41, 5.74) is 0.473. The van der Waals surface area contributed by atoms with Gasteiger partial charge in [0.25, 0.3) is 0 Å². The summed E-state index contributed by atoms with van der Waals surface area (Å²) in [7, 11) is 3.24. The Morgan fingerprint density at radius 2 is 1.76 bits per heavy atom. The lowest BCUT2D eigenvalue weighted by Gasteiger charge is -2.43. The first-order valence-corrected chi connectivity index (χ1v) is 7.63. The molecule has 120 valence electrons. The predicted molar refractivity (Wildman–Crippen MR) is 86.1 cm³/mol. The van der Waals surface area contributed by atoms with Crippen molar-refractivity contribution in [3.8, 4) is 11.5 Å². The largest absolute Gasteiger partial charge is 0.497 e. The monoisotopic (exact) mass is 295 g/mol. The summed E-state index contributed by atoms with van der Waals surface area (Å²) in [5, 5.41) is 11.0. The maximum atomic E-state index is 11.0. The maximum Gasteiger partial charge on any atom is 0.128 e. The Balaban J connectivity index is 3.24. The molecule has 0 saturated carbocycles. The minimum atomic E-state index is -0.622. The molecule has 0 aliphatic carbocycles. The topological polar surface area (TPSA) is 41.9 Å². The van der Waals surface area contributed by atoms with Gasteiger partial charge in [0.1, 0.15) is 17.6 Å². The number of hydrogen-bond donors (Lipinski definition) is 1. The first-order chi connectivity index (χ1) is 9.98. The Hall–Kier alpha value is -1.26. The molecular weight excluding hydrogens is 266 g/mol. The van der Waals surface area contributed by atoms with Gasteiger partial charge in [0.2, 0.25) is 0 Å². The molecule has 2 atom stereocenters. The van der Waals surface area contributed by atoms with Crippen LogP contribution in [0, 0.1) is 0 Å². The highest BCUT2D eigenvalue weighted by atomic mass is 16.5. The number of aliphatic hydroxyl groups excluding tert-OH is 1. The smallest absolute Gasteiger partial charge is 0.128 e. The summed E-state index contributed by atoms with van der Waals surface area (Å²) >= 11 is 0. The molecule has 0 radical (unpaired) electrons. The molecule has 0 spiro atoms. The number of methoxy groups -OCH3 is 2. The van der Waals surface area contributed by atoms with Crippen molar-refractivity contribution < 1.29 is 14.6 Å². The summed E-state index contributed by atoms with van der Waals surface area (Å²) in [6.07, 6.45) is 0.230. The third-order valence-corrected chi connectivity index (χ3v) is 4.53. The van der Waals surface area contributed by atoms with Crippen LogP contribution in [-0.4, -0.2) is 42.9 Å². The Morgan fingerprint density at radius 3 is 2.19 bits per heavy atom. The van der Waals surface area contributed by atoms with Gasteiger partial charge in [-0.2, -0.15) is 0 Å². The van der Waals surface area contributed by atoms with E-state index in [2.05, 4.69) is 32.6 Å². The van der Waals surface area contributed by atoms with Crippen molar-refractivity contribution in [3.05, 3.63) is 23.8 Å². The Kier molecular flexibility index (Phi) is 6.49. The van der Waals surface area contributed by atoms with Crippen LogP contribution in [0.15, 0.2) is 18.2 Å². The van der Waals surface area contributed by atoms with E-state index in [9.17, 15) is 5.11 Å². The van der Waals surface area contributed by atoms with Gasteiger partial charge < -0.3 is 14.6 Å². The van der Waals surface area contributed by atoms with Crippen molar-refractivity contribution in [2.45, 2.75) is 45.8 Å². The zero-order chi connectivity index (χ0) is 16.0. The lowest BCUT2D eigenvalue weighted by atomic mass is 9.84. The molecule has 0 aliphatic heterocycles. The Labute approximate surface area is 128 Å². The molecule has 0 heterocycles. The van der Waals surface area contributed by atoms with Crippen LogP contribution in [0.5, 0.6) is 11.5 Å². The van der Waals surface area contributed by atoms with E-state index >= 15 is 0 Å². The Bertz CT molecular complexity index is 446. The summed E-state index contributed by atoms with van der Waals surface area (Å²) in [4.78, 5) is 2.29. The van der Waals surface area contributed by atoms with Gasteiger partial charge in [0.05, 0.1) is 14.2 Å². The highest BCUT2D eigenvalue weighted by Crippen LogP contribution is 2.39.